The third-order valence-corrected chi connectivity index (χ3v) is 6.49. The summed E-state index contributed by atoms with van der Waals surface area (Å²) in [7, 11) is 0. The molecule has 0 aliphatic rings. The standard InChI is InChI=1S/C33H52N6O12/c1-27-36-38-33(39-37-27)29-4-2-28(3-5-29)26-35-31(41)8-10-44-12-14-46-16-18-48-20-22-50-24-25-51-23-21-49-19-17-47-15-13-45-11-9-34-30(40)6-7-32(42)43/h2-5H,6-26H2,1H3,(H,34,40)(H,35,41)(H,42,43). The van der Waals surface area contributed by atoms with E-state index in [4.69, 9.17) is 43.0 Å². The first-order valence-corrected chi connectivity index (χ1v) is 16.9. The number of benzene rings is 1. The molecule has 1 heterocycles. The Labute approximate surface area is 298 Å². The van der Waals surface area contributed by atoms with Crippen LogP contribution in [0.3, 0.4) is 0 Å². The lowest BCUT2D eigenvalue weighted by molar-refractivity contribution is -0.138. The summed E-state index contributed by atoms with van der Waals surface area (Å²) < 4.78 is 43.5. The van der Waals surface area contributed by atoms with E-state index in [1.807, 2.05) is 24.3 Å². The molecule has 18 nitrogen and oxygen atoms in total. The van der Waals surface area contributed by atoms with Crippen LogP contribution in [0.4, 0.5) is 0 Å². The molecule has 0 saturated heterocycles. The van der Waals surface area contributed by atoms with Crippen LogP contribution in [0.1, 0.15) is 30.7 Å². The number of carboxylic acid groups (broad SMARTS) is 1. The van der Waals surface area contributed by atoms with Gasteiger partial charge in [-0.05, 0) is 12.5 Å². The van der Waals surface area contributed by atoms with Gasteiger partial charge >= 0.3 is 5.97 Å². The average Bonchev–Trinajstić information content (AvgIpc) is 3.13. The topological polar surface area (TPSA) is 221 Å². The van der Waals surface area contributed by atoms with Crippen molar-refractivity contribution in [2.24, 2.45) is 0 Å². The molecule has 0 atom stereocenters. The highest BCUT2D eigenvalue weighted by Crippen LogP contribution is 2.14. The van der Waals surface area contributed by atoms with E-state index in [9.17, 15) is 14.4 Å². The van der Waals surface area contributed by atoms with E-state index in [0.29, 0.717) is 130 Å². The Morgan fingerprint density at radius 2 is 0.941 bits per heavy atom. The predicted molar refractivity (Wildman–Crippen MR) is 181 cm³/mol. The van der Waals surface area contributed by atoms with Gasteiger partial charge in [-0.15, -0.1) is 20.4 Å². The number of carbonyl (C=O) groups excluding carboxylic acids is 2. The summed E-state index contributed by atoms with van der Waals surface area (Å²) in [5.41, 5.74) is 1.75. The third-order valence-electron chi connectivity index (χ3n) is 6.49. The minimum atomic E-state index is -1.00. The van der Waals surface area contributed by atoms with Crippen molar-refractivity contribution in [2.45, 2.75) is 32.7 Å². The number of aliphatic carboxylic acids is 1. The van der Waals surface area contributed by atoms with E-state index in [2.05, 4.69) is 31.0 Å². The van der Waals surface area contributed by atoms with Crippen molar-refractivity contribution in [3.63, 3.8) is 0 Å². The quantitative estimate of drug-likeness (QED) is 0.0846. The molecule has 0 bridgehead atoms. The number of amides is 2. The Morgan fingerprint density at radius 1 is 0.529 bits per heavy atom. The molecular weight excluding hydrogens is 672 g/mol. The minimum Gasteiger partial charge on any atom is -0.481 e. The fourth-order valence-corrected chi connectivity index (χ4v) is 3.83. The molecule has 0 aliphatic carbocycles. The Balaban J connectivity index is 1.23. The van der Waals surface area contributed by atoms with Gasteiger partial charge in [-0.3, -0.25) is 14.4 Å². The van der Waals surface area contributed by atoms with Crippen molar-refractivity contribution in [1.29, 1.82) is 0 Å². The molecule has 3 N–H and O–H groups in total. The number of hydrogen-bond donors (Lipinski definition) is 3. The second-order valence-electron chi connectivity index (χ2n) is 10.6. The van der Waals surface area contributed by atoms with Crippen LogP contribution in [0, 0.1) is 6.92 Å². The number of carbonyl (C=O) groups is 3. The lowest BCUT2D eigenvalue weighted by Gasteiger charge is -2.09. The van der Waals surface area contributed by atoms with Gasteiger partial charge in [-0.2, -0.15) is 0 Å². The van der Waals surface area contributed by atoms with Gasteiger partial charge < -0.3 is 53.6 Å². The van der Waals surface area contributed by atoms with E-state index >= 15 is 0 Å². The molecule has 2 aromatic rings. The Kier molecular flexibility index (Phi) is 25.5. The summed E-state index contributed by atoms with van der Waals surface area (Å²) in [5, 5.41) is 29.8. The Morgan fingerprint density at radius 3 is 1.39 bits per heavy atom. The zero-order chi connectivity index (χ0) is 36.6. The molecule has 0 unspecified atom stereocenters. The third kappa shape index (κ3) is 24.9. The number of nitrogens with one attached hydrogen (secondary N) is 2. The Bertz CT molecular complexity index is 1190. The average molecular weight is 725 g/mol. The fraction of sp³-hybridized carbons (Fsp3) is 0.667. The van der Waals surface area contributed by atoms with Crippen LogP contribution in [0.25, 0.3) is 11.4 Å². The van der Waals surface area contributed by atoms with E-state index in [1.165, 1.54) is 0 Å². The summed E-state index contributed by atoms with van der Waals surface area (Å²) in [4.78, 5) is 33.8. The second-order valence-corrected chi connectivity index (χ2v) is 10.6. The highest BCUT2D eigenvalue weighted by atomic mass is 16.6. The first-order chi connectivity index (χ1) is 24.9. The molecule has 1 aromatic carbocycles. The van der Waals surface area contributed by atoms with Crippen molar-refractivity contribution in [3.8, 4) is 11.4 Å². The highest BCUT2D eigenvalue weighted by Gasteiger charge is 2.06. The van der Waals surface area contributed by atoms with Gasteiger partial charge in [0.15, 0.2) is 5.82 Å². The summed E-state index contributed by atoms with van der Waals surface area (Å²) in [5.74, 6) is -0.444. The number of aromatic nitrogens is 4. The van der Waals surface area contributed by atoms with Crippen LogP contribution in [0.2, 0.25) is 0 Å². The van der Waals surface area contributed by atoms with Gasteiger partial charge in [0.25, 0.3) is 0 Å². The molecule has 0 radical (unpaired) electrons. The maximum Gasteiger partial charge on any atom is 0.303 e. The number of aryl methyl sites for hydroxylation is 1. The number of rotatable bonds is 33. The second kappa shape index (κ2) is 29.9. The number of ether oxygens (including phenoxy) is 8. The Hall–Kier alpha value is -3.75. The van der Waals surface area contributed by atoms with Gasteiger partial charge in [-0.25, -0.2) is 0 Å². The summed E-state index contributed by atoms with van der Waals surface area (Å²) >= 11 is 0. The van der Waals surface area contributed by atoms with E-state index in [-0.39, 0.29) is 31.1 Å². The lowest BCUT2D eigenvalue weighted by Crippen LogP contribution is -2.27. The number of nitrogens with zero attached hydrogens (tertiary/aromatic N) is 4. The van der Waals surface area contributed by atoms with Gasteiger partial charge in [-0.1, -0.05) is 24.3 Å². The molecule has 18 heteroatoms. The SMILES string of the molecule is Cc1nnc(-c2ccc(CNC(=O)CCOCCOCCOCCOCCOCCOCCOCCOCCNC(=O)CCC(=O)O)cc2)nn1. The molecule has 0 saturated carbocycles. The van der Waals surface area contributed by atoms with Gasteiger partial charge in [0.05, 0.1) is 112 Å². The van der Waals surface area contributed by atoms with Crippen molar-refractivity contribution in [3.05, 3.63) is 35.7 Å². The molecule has 286 valence electrons. The summed E-state index contributed by atoms with van der Waals surface area (Å²) in [6.07, 6.45) is 0.0332. The first kappa shape index (κ1) is 43.4. The molecular formula is C33H52N6O12. The van der Waals surface area contributed by atoms with Crippen molar-refractivity contribution < 1.29 is 57.4 Å². The highest BCUT2D eigenvalue weighted by molar-refractivity contribution is 5.80. The number of hydrogen-bond acceptors (Lipinski definition) is 15. The number of carboxylic acids is 1. The van der Waals surface area contributed by atoms with Crippen LogP contribution in [-0.2, 0) is 58.8 Å². The normalized spacial score (nSPS) is 11.1. The molecule has 0 aliphatic heterocycles. The largest absolute Gasteiger partial charge is 0.481 e. The van der Waals surface area contributed by atoms with E-state index < -0.39 is 5.97 Å². The van der Waals surface area contributed by atoms with Gasteiger partial charge in [0.2, 0.25) is 17.6 Å². The lowest BCUT2D eigenvalue weighted by atomic mass is 10.1. The van der Waals surface area contributed by atoms with Crippen LogP contribution < -0.4 is 10.6 Å². The zero-order valence-electron chi connectivity index (χ0n) is 29.4. The predicted octanol–water partition coefficient (Wildman–Crippen LogP) is 0.362. The zero-order valence-corrected chi connectivity index (χ0v) is 29.4. The maximum atomic E-state index is 12.1. The summed E-state index contributed by atoms with van der Waals surface area (Å²) in [6.45, 7) is 9.16. The monoisotopic (exact) mass is 724 g/mol. The molecule has 1 aromatic heterocycles. The molecule has 2 amide bonds. The molecule has 2 rings (SSSR count). The molecule has 0 fully saturated rings. The van der Waals surface area contributed by atoms with Crippen LogP contribution >= 0.6 is 0 Å². The fourth-order valence-electron chi connectivity index (χ4n) is 3.83. The van der Waals surface area contributed by atoms with E-state index in [1.54, 1.807) is 6.92 Å². The van der Waals surface area contributed by atoms with Crippen LogP contribution in [-0.4, -0.2) is 156 Å². The van der Waals surface area contributed by atoms with Crippen LogP contribution in [0.15, 0.2) is 24.3 Å². The van der Waals surface area contributed by atoms with Gasteiger partial charge in [0, 0.05) is 31.5 Å². The van der Waals surface area contributed by atoms with Crippen LogP contribution in [0.5, 0.6) is 0 Å². The minimum absolute atomic E-state index is 0.0408. The molecule has 0 spiro atoms. The summed E-state index contributed by atoms with van der Waals surface area (Å²) in [6, 6.07) is 7.52. The first-order valence-electron chi connectivity index (χ1n) is 16.9. The van der Waals surface area contributed by atoms with Crippen molar-refractivity contribution in [1.82, 2.24) is 31.0 Å². The van der Waals surface area contributed by atoms with Gasteiger partial charge in [0.1, 0.15) is 0 Å². The maximum absolute atomic E-state index is 12.1. The van der Waals surface area contributed by atoms with E-state index in [0.717, 1.165) is 11.1 Å². The smallest absolute Gasteiger partial charge is 0.303 e. The molecule has 51 heavy (non-hydrogen) atoms. The van der Waals surface area contributed by atoms with Crippen molar-refractivity contribution in [2.75, 3.05) is 112 Å². The van der Waals surface area contributed by atoms with Crippen molar-refractivity contribution >= 4 is 17.8 Å².